The molecule has 0 atom stereocenters. The first-order valence-electron chi connectivity index (χ1n) is 9.40. The summed E-state index contributed by atoms with van der Waals surface area (Å²) in [6.07, 6.45) is 33.9. The highest BCUT2D eigenvalue weighted by Crippen LogP contribution is 2.12. The van der Waals surface area contributed by atoms with Crippen LogP contribution in [0.15, 0.2) is 71.9 Å². The summed E-state index contributed by atoms with van der Waals surface area (Å²) in [5, 5.41) is 1.00. The van der Waals surface area contributed by atoms with Gasteiger partial charge in [-0.1, -0.05) is 92.3 Å². The van der Waals surface area contributed by atoms with Gasteiger partial charge >= 0.3 is 0 Å². The summed E-state index contributed by atoms with van der Waals surface area (Å²) < 4.78 is 0. The van der Waals surface area contributed by atoms with Gasteiger partial charge in [-0.2, -0.15) is 0 Å². The molecule has 0 unspecified atom stereocenters. The third kappa shape index (κ3) is 18.8. The average molecular weight is 347 g/mol. The molecule has 0 bridgehead atoms. The SMILES string of the molecule is CC/C=C\C/C=C\C/C=C\C/C=C\C/C=C\CCC/C(Cl)=C\CC. The Morgan fingerprint density at radius 2 is 1.08 bits per heavy atom. The van der Waals surface area contributed by atoms with Gasteiger partial charge in [-0.15, -0.1) is 0 Å². The summed E-state index contributed by atoms with van der Waals surface area (Å²) in [4.78, 5) is 0. The van der Waals surface area contributed by atoms with Gasteiger partial charge in [0.1, 0.15) is 0 Å². The van der Waals surface area contributed by atoms with Crippen LogP contribution < -0.4 is 0 Å². The van der Waals surface area contributed by atoms with E-state index in [1.54, 1.807) is 0 Å². The summed E-state index contributed by atoms with van der Waals surface area (Å²) in [5.74, 6) is 0. The largest absolute Gasteiger partial charge is 0.0895 e. The van der Waals surface area contributed by atoms with Crippen molar-refractivity contribution in [1.29, 1.82) is 0 Å². The van der Waals surface area contributed by atoms with Crippen LogP contribution in [0.3, 0.4) is 0 Å². The minimum Gasteiger partial charge on any atom is -0.0895 e. The molecule has 0 rings (SSSR count). The smallest absolute Gasteiger partial charge is 0.0141 e. The zero-order valence-corrected chi connectivity index (χ0v) is 16.3. The molecule has 0 saturated carbocycles. The number of allylic oxidation sites excluding steroid dienone is 12. The van der Waals surface area contributed by atoms with Gasteiger partial charge < -0.3 is 0 Å². The highest BCUT2D eigenvalue weighted by molar-refractivity contribution is 6.29. The van der Waals surface area contributed by atoms with Crippen LogP contribution in [0, 0.1) is 0 Å². The Bertz CT molecular complexity index is 433. The Labute approximate surface area is 155 Å². The molecule has 0 aliphatic rings. The number of rotatable bonds is 14. The molecule has 0 fully saturated rings. The molecule has 0 aliphatic carbocycles. The molecular weight excluding hydrogens is 312 g/mol. The molecule has 0 aromatic heterocycles. The second-order valence-electron chi connectivity index (χ2n) is 5.66. The van der Waals surface area contributed by atoms with Gasteiger partial charge in [-0.25, -0.2) is 0 Å². The van der Waals surface area contributed by atoms with Crippen LogP contribution in [-0.4, -0.2) is 0 Å². The van der Waals surface area contributed by atoms with Gasteiger partial charge in [0.25, 0.3) is 0 Å². The van der Waals surface area contributed by atoms with E-state index in [1.807, 2.05) is 0 Å². The maximum atomic E-state index is 6.06. The highest BCUT2D eigenvalue weighted by Gasteiger charge is 1.89. The third-order valence-electron chi connectivity index (χ3n) is 3.37. The van der Waals surface area contributed by atoms with Gasteiger partial charge in [-0.05, 0) is 57.8 Å². The second kappa shape index (κ2) is 19.8. The van der Waals surface area contributed by atoms with Crippen molar-refractivity contribution in [3.63, 3.8) is 0 Å². The lowest BCUT2D eigenvalue weighted by atomic mass is 10.2. The maximum absolute atomic E-state index is 6.06. The van der Waals surface area contributed by atoms with E-state index >= 15 is 0 Å². The highest BCUT2D eigenvalue weighted by atomic mass is 35.5. The maximum Gasteiger partial charge on any atom is 0.0141 e. The van der Waals surface area contributed by atoms with Gasteiger partial charge in [-0.3, -0.25) is 0 Å². The lowest BCUT2D eigenvalue weighted by Crippen LogP contribution is -1.75. The molecule has 0 saturated heterocycles. The van der Waals surface area contributed by atoms with Crippen molar-refractivity contribution < 1.29 is 0 Å². The lowest BCUT2D eigenvalue weighted by molar-refractivity contribution is 0.853. The minimum atomic E-state index is 1.00. The first-order chi connectivity index (χ1) is 11.8. The summed E-state index contributed by atoms with van der Waals surface area (Å²) in [6, 6.07) is 0. The van der Waals surface area contributed by atoms with Gasteiger partial charge in [0.05, 0.1) is 0 Å². The molecule has 0 heterocycles. The summed E-state index contributed by atoms with van der Waals surface area (Å²) in [6.45, 7) is 4.28. The molecule has 134 valence electrons. The van der Waals surface area contributed by atoms with Crippen LogP contribution in [0.2, 0.25) is 0 Å². The Morgan fingerprint density at radius 1 is 0.625 bits per heavy atom. The first-order valence-corrected chi connectivity index (χ1v) is 9.78. The Kier molecular flexibility index (Phi) is 18.7. The van der Waals surface area contributed by atoms with Crippen LogP contribution >= 0.6 is 11.6 Å². The third-order valence-corrected chi connectivity index (χ3v) is 3.71. The Balaban J connectivity index is 3.51. The van der Waals surface area contributed by atoms with E-state index in [4.69, 9.17) is 11.6 Å². The monoisotopic (exact) mass is 346 g/mol. The first kappa shape index (κ1) is 22.7. The van der Waals surface area contributed by atoms with Gasteiger partial charge in [0, 0.05) is 5.03 Å². The number of hydrogen-bond donors (Lipinski definition) is 0. The zero-order valence-electron chi connectivity index (χ0n) is 15.6. The lowest BCUT2D eigenvalue weighted by Gasteiger charge is -1.95. The molecule has 0 radical (unpaired) electrons. The molecule has 0 aromatic carbocycles. The van der Waals surface area contributed by atoms with Crippen molar-refractivity contribution >= 4 is 11.6 Å². The fraction of sp³-hybridized carbons (Fsp3) is 0.478. The molecule has 0 N–H and O–H groups in total. The van der Waals surface area contributed by atoms with Crippen LogP contribution in [0.5, 0.6) is 0 Å². The molecule has 0 spiro atoms. The summed E-state index contributed by atoms with van der Waals surface area (Å²) in [7, 11) is 0. The quantitative estimate of drug-likeness (QED) is 0.218. The van der Waals surface area contributed by atoms with E-state index in [0.717, 1.165) is 62.8 Å². The topological polar surface area (TPSA) is 0 Å². The molecule has 0 aromatic rings. The van der Waals surface area contributed by atoms with E-state index < -0.39 is 0 Å². The second-order valence-corrected chi connectivity index (χ2v) is 6.15. The van der Waals surface area contributed by atoms with Crippen LogP contribution in [0.4, 0.5) is 0 Å². The Morgan fingerprint density at radius 3 is 1.54 bits per heavy atom. The van der Waals surface area contributed by atoms with E-state index in [9.17, 15) is 0 Å². The molecule has 24 heavy (non-hydrogen) atoms. The van der Waals surface area contributed by atoms with E-state index in [-0.39, 0.29) is 0 Å². The zero-order chi connectivity index (χ0) is 17.7. The number of halogens is 1. The average Bonchev–Trinajstić information content (AvgIpc) is 2.58. The number of hydrogen-bond acceptors (Lipinski definition) is 0. The Hall–Kier alpha value is -1.27. The fourth-order valence-electron chi connectivity index (χ4n) is 2.08. The van der Waals surface area contributed by atoms with E-state index in [0.29, 0.717) is 0 Å². The van der Waals surface area contributed by atoms with Crippen molar-refractivity contribution in [2.24, 2.45) is 0 Å². The van der Waals surface area contributed by atoms with E-state index in [1.165, 1.54) is 0 Å². The molecular formula is C23H35Cl. The van der Waals surface area contributed by atoms with Crippen LogP contribution in [0.1, 0.15) is 71.6 Å². The van der Waals surface area contributed by atoms with Gasteiger partial charge in [0.2, 0.25) is 0 Å². The van der Waals surface area contributed by atoms with Crippen molar-refractivity contribution in [3.8, 4) is 0 Å². The number of unbranched alkanes of at least 4 members (excludes halogenated alkanes) is 1. The predicted octanol–water partition coefficient (Wildman–Crippen LogP) is 8.44. The predicted molar refractivity (Wildman–Crippen MR) is 113 cm³/mol. The van der Waals surface area contributed by atoms with Crippen molar-refractivity contribution in [1.82, 2.24) is 0 Å². The minimum absolute atomic E-state index is 1.00. The van der Waals surface area contributed by atoms with Crippen molar-refractivity contribution in [2.75, 3.05) is 0 Å². The van der Waals surface area contributed by atoms with Crippen LogP contribution in [-0.2, 0) is 0 Å². The molecule has 0 amide bonds. The van der Waals surface area contributed by atoms with Crippen LogP contribution in [0.25, 0.3) is 0 Å². The van der Waals surface area contributed by atoms with E-state index in [2.05, 4.69) is 80.7 Å². The van der Waals surface area contributed by atoms with Crippen molar-refractivity contribution in [3.05, 3.63) is 71.9 Å². The normalized spacial score (nSPS) is 13.7. The summed E-state index contributed by atoms with van der Waals surface area (Å²) in [5.41, 5.74) is 0. The van der Waals surface area contributed by atoms with Crippen molar-refractivity contribution in [2.45, 2.75) is 71.6 Å². The molecule has 1 heteroatoms. The molecule has 0 aliphatic heterocycles. The fourth-order valence-corrected chi connectivity index (χ4v) is 2.37. The standard InChI is InChI=1S/C23H35Cl/c1-3-5-6-7-8-9-10-11-12-13-14-15-16-17-18-19-20-22-23(24)21-4-2/h5-6,8-9,11-12,14-15,17-18,21H,3-4,7,10,13,16,19-20,22H2,1-2H3/b6-5-,9-8-,12-11-,15-14-,18-17-,23-21+. The summed E-state index contributed by atoms with van der Waals surface area (Å²) >= 11 is 6.06. The van der Waals surface area contributed by atoms with Gasteiger partial charge in [0.15, 0.2) is 0 Å². The molecule has 0 nitrogen and oxygen atoms in total.